The SMILES string of the molecule is COc1ccc(N2CCCN(C(=O)C(CCSC)NC(=O)c3ccccc3Cl)CC2)cc1. The van der Waals surface area contributed by atoms with Crippen molar-refractivity contribution in [3.05, 3.63) is 59.1 Å². The van der Waals surface area contributed by atoms with Gasteiger partial charge in [0.25, 0.3) is 5.91 Å². The summed E-state index contributed by atoms with van der Waals surface area (Å²) in [4.78, 5) is 30.3. The van der Waals surface area contributed by atoms with Gasteiger partial charge in [-0.3, -0.25) is 9.59 Å². The van der Waals surface area contributed by atoms with Crippen LogP contribution < -0.4 is 15.0 Å². The first-order valence-electron chi connectivity index (χ1n) is 10.8. The lowest BCUT2D eigenvalue weighted by molar-refractivity contribution is -0.133. The van der Waals surface area contributed by atoms with Crippen LogP contribution in [0.1, 0.15) is 23.2 Å². The normalized spacial score (nSPS) is 15.1. The van der Waals surface area contributed by atoms with Crippen molar-refractivity contribution in [1.82, 2.24) is 10.2 Å². The van der Waals surface area contributed by atoms with Gasteiger partial charge in [-0.05, 0) is 61.2 Å². The summed E-state index contributed by atoms with van der Waals surface area (Å²) in [6.45, 7) is 2.90. The fourth-order valence-corrected chi connectivity index (χ4v) is 4.48. The molecule has 1 saturated heterocycles. The van der Waals surface area contributed by atoms with Crippen LogP contribution in [0.4, 0.5) is 5.69 Å². The molecule has 1 unspecified atom stereocenters. The predicted octanol–water partition coefficient (Wildman–Crippen LogP) is 3.94. The highest BCUT2D eigenvalue weighted by Gasteiger charge is 2.28. The minimum atomic E-state index is -0.571. The molecule has 172 valence electrons. The Morgan fingerprint density at radius 3 is 2.53 bits per heavy atom. The van der Waals surface area contributed by atoms with Gasteiger partial charge in [-0.15, -0.1) is 0 Å². The molecule has 2 aromatic rings. The van der Waals surface area contributed by atoms with Crippen molar-refractivity contribution in [3.63, 3.8) is 0 Å². The monoisotopic (exact) mass is 475 g/mol. The molecule has 2 amide bonds. The minimum absolute atomic E-state index is 0.0314. The highest BCUT2D eigenvalue weighted by atomic mass is 35.5. The summed E-state index contributed by atoms with van der Waals surface area (Å²) < 4.78 is 5.24. The zero-order chi connectivity index (χ0) is 22.9. The van der Waals surface area contributed by atoms with Crippen molar-refractivity contribution < 1.29 is 14.3 Å². The molecule has 0 spiro atoms. The average Bonchev–Trinajstić information content (AvgIpc) is 3.08. The van der Waals surface area contributed by atoms with Crippen molar-refractivity contribution in [1.29, 1.82) is 0 Å². The van der Waals surface area contributed by atoms with E-state index in [0.717, 1.165) is 36.7 Å². The van der Waals surface area contributed by atoms with E-state index in [1.807, 2.05) is 35.4 Å². The zero-order valence-corrected chi connectivity index (χ0v) is 20.1. The number of carbonyl (C=O) groups excluding carboxylic acids is 2. The number of hydrogen-bond donors (Lipinski definition) is 1. The highest BCUT2D eigenvalue weighted by Crippen LogP contribution is 2.21. The lowest BCUT2D eigenvalue weighted by Gasteiger charge is -2.27. The van der Waals surface area contributed by atoms with Crippen LogP contribution in [0.15, 0.2) is 48.5 Å². The molecule has 3 rings (SSSR count). The van der Waals surface area contributed by atoms with E-state index in [2.05, 4.69) is 10.2 Å². The first kappa shape index (κ1) is 24.3. The van der Waals surface area contributed by atoms with Gasteiger partial charge in [0.15, 0.2) is 0 Å². The largest absolute Gasteiger partial charge is 0.497 e. The number of amides is 2. The number of carbonyl (C=O) groups is 2. The smallest absolute Gasteiger partial charge is 0.253 e. The third-order valence-electron chi connectivity index (χ3n) is 5.58. The summed E-state index contributed by atoms with van der Waals surface area (Å²) in [6, 6.07) is 14.3. The van der Waals surface area contributed by atoms with Gasteiger partial charge in [0.2, 0.25) is 5.91 Å². The summed E-state index contributed by atoms with van der Waals surface area (Å²) >= 11 is 7.83. The van der Waals surface area contributed by atoms with Crippen LogP contribution in [0, 0.1) is 0 Å². The molecule has 6 nitrogen and oxygen atoms in total. The number of thioether (sulfide) groups is 1. The maximum atomic E-state index is 13.4. The molecule has 1 aliphatic heterocycles. The quantitative estimate of drug-likeness (QED) is 0.626. The Morgan fingerprint density at radius 2 is 1.84 bits per heavy atom. The second-order valence-corrected chi connectivity index (χ2v) is 9.04. The van der Waals surface area contributed by atoms with Crippen LogP contribution in [0.5, 0.6) is 5.75 Å². The fraction of sp³-hybridized carbons (Fsp3) is 0.417. The summed E-state index contributed by atoms with van der Waals surface area (Å²) in [5, 5.41) is 3.31. The second kappa shape index (κ2) is 12.0. The molecule has 0 radical (unpaired) electrons. The minimum Gasteiger partial charge on any atom is -0.497 e. The van der Waals surface area contributed by atoms with Gasteiger partial charge >= 0.3 is 0 Å². The average molecular weight is 476 g/mol. The predicted molar refractivity (Wildman–Crippen MR) is 132 cm³/mol. The number of nitrogens with one attached hydrogen (secondary N) is 1. The van der Waals surface area contributed by atoms with E-state index in [4.69, 9.17) is 16.3 Å². The van der Waals surface area contributed by atoms with E-state index >= 15 is 0 Å². The number of methoxy groups -OCH3 is 1. The third-order valence-corrected chi connectivity index (χ3v) is 6.55. The van der Waals surface area contributed by atoms with E-state index in [9.17, 15) is 9.59 Å². The van der Waals surface area contributed by atoms with Gasteiger partial charge in [-0.25, -0.2) is 0 Å². The molecule has 0 aliphatic carbocycles. The van der Waals surface area contributed by atoms with Crippen molar-refractivity contribution in [2.45, 2.75) is 18.9 Å². The standard InChI is InChI=1S/C24H30ClN3O3S/c1-31-19-10-8-18(9-11-19)27-13-5-14-28(16-15-27)24(30)22(12-17-32-2)26-23(29)20-6-3-4-7-21(20)25/h3-4,6-11,22H,5,12-17H2,1-2H3,(H,26,29). The van der Waals surface area contributed by atoms with Crippen molar-refractivity contribution in [2.75, 3.05) is 50.2 Å². The van der Waals surface area contributed by atoms with Crippen LogP contribution in [0.2, 0.25) is 5.02 Å². The molecule has 0 aromatic heterocycles. The topological polar surface area (TPSA) is 61.9 Å². The summed E-state index contributed by atoms with van der Waals surface area (Å²) in [5.41, 5.74) is 1.50. The van der Waals surface area contributed by atoms with Gasteiger partial charge in [0.1, 0.15) is 11.8 Å². The molecule has 1 heterocycles. The van der Waals surface area contributed by atoms with E-state index in [-0.39, 0.29) is 11.8 Å². The first-order valence-corrected chi connectivity index (χ1v) is 12.5. The Kier molecular flexibility index (Phi) is 9.11. The Morgan fingerprint density at radius 1 is 1.09 bits per heavy atom. The molecular formula is C24H30ClN3O3S. The molecule has 32 heavy (non-hydrogen) atoms. The zero-order valence-electron chi connectivity index (χ0n) is 18.6. The Labute approximate surface area is 199 Å². The van der Waals surface area contributed by atoms with E-state index in [0.29, 0.717) is 30.1 Å². The Hall–Kier alpha value is -2.38. The Balaban J connectivity index is 1.66. The number of anilines is 1. The molecule has 1 aliphatic rings. The lowest BCUT2D eigenvalue weighted by Crippen LogP contribution is -2.49. The molecule has 0 saturated carbocycles. The lowest BCUT2D eigenvalue weighted by atomic mass is 10.1. The van der Waals surface area contributed by atoms with Gasteiger partial charge in [0, 0.05) is 31.9 Å². The summed E-state index contributed by atoms with van der Waals surface area (Å²) in [5.74, 6) is 1.26. The summed E-state index contributed by atoms with van der Waals surface area (Å²) in [6.07, 6.45) is 3.44. The van der Waals surface area contributed by atoms with Crippen LogP contribution in [0.25, 0.3) is 0 Å². The van der Waals surface area contributed by atoms with Gasteiger partial charge in [-0.1, -0.05) is 23.7 Å². The van der Waals surface area contributed by atoms with Gasteiger partial charge < -0.3 is 19.9 Å². The number of ether oxygens (including phenoxy) is 1. The number of rotatable bonds is 8. The van der Waals surface area contributed by atoms with Gasteiger partial charge in [-0.2, -0.15) is 11.8 Å². The van der Waals surface area contributed by atoms with Crippen molar-refractivity contribution in [3.8, 4) is 5.75 Å². The molecular weight excluding hydrogens is 446 g/mol. The maximum Gasteiger partial charge on any atom is 0.253 e. The maximum absolute atomic E-state index is 13.4. The van der Waals surface area contributed by atoms with Crippen LogP contribution >= 0.6 is 23.4 Å². The van der Waals surface area contributed by atoms with Crippen LogP contribution in [-0.2, 0) is 4.79 Å². The van der Waals surface area contributed by atoms with Crippen LogP contribution in [-0.4, -0.2) is 68.1 Å². The molecule has 1 atom stereocenters. The number of halogens is 1. The molecule has 1 fully saturated rings. The molecule has 0 bridgehead atoms. The number of benzene rings is 2. The Bertz CT molecular complexity index is 910. The first-order chi connectivity index (χ1) is 15.5. The molecule has 1 N–H and O–H groups in total. The fourth-order valence-electron chi connectivity index (χ4n) is 3.78. The third kappa shape index (κ3) is 6.33. The van der Waals surface area contributed by atoms with E-state index in [1.54, 1.807) is 43.1 Å². The second-order valence-electron chi connectivity index (χ2n) is 7.65. The van der Waals surface area contributed by atoms with Crippen molar-refractivity contribution >= 4 is 40.9 Å². The highest BCUT2D eigenvalue weighted by molar-refractivity contribution is 7.98. The van der Waals surface area contributed by atoms with E-state index in [1.165, 1.54) is 0 Å². The van der Waals surface area contributed by atoms with Crippen molar-refractivity contribution in [2.24, 2.45) is 0 Å². The van der Waals surface area contributed by atoms with Gasteiger partial charge in [0.05, 0.1) is 17.7 Å². The molecule has 2 aromatic carbocycles. The van der Waals surface area contributed by atoms with E-state index < -0.39 is 6.04 Å². The summed E-state index contributed by atoms with van der Waals surface area (Å²) in [7, 11) is 1.66. The number of nitrogens with zero attached hydrogens (tertiary/aromatic N) is 2. The molecule has 8 heteroatoms. The van der Waals surface area contributed by atoms with Crippen LogP contribution in [0.3, 0.4) is 0 Å². The number of hydrogen-bond acceptors (Lipinski definition) is 5.